The van der Waals surface area contributed by atoms with Gasteiger partial charge in [0, 0.05) is 19.6 Å². The molecular formula is C11H24N2O3S. The van der Waals surface area contributed by atoms with Crippen molar-refractivity contribution in [2.24, 2.45) is 5.73 Å². The van der Waals surface area contributed by atoms with Crippen LogP contribution in [0.15, 0.2) is 0 Å². The Bertz CT molecular complexity index is 298. The second kappa shape index (κ2) is 7.31. The molecule has 6 heteroatoms. The fourth-order valence-corrected chi connectivity index (χ4v) is 3.65. The number of unbranched alkanes of at least 4 members (excludes halogenated alkanes) is 1. The molecule has 1 rings (SSSR count). The van der Waals surface area contributed by atoms with E-state index >= 15 is 0 Å². The van der Waals surface area contributed by atoms with E-state index in [1.54, 1.807) is 4.31 Å². The van der Waals surface area contributed by atoms with Crippen LogP contribution in [0.3, 0.4) is 0 Å². The highest BCUT2D eigenvalue weighted by atomic mass is 32.2. The number of hydrogen-bond donors (Lipinski definition) is 1. The van der Waals surface area contributed by atoms with Crippen LogP contribution in [0.4, 0.5) is 0 Å². The Kier molecular flexibility index (Phi) is 6.40. The van der Waals surface area contributed by atoms with Crippen molar-refractivity contribution in [1.29, 1.82) is 0 Å². The number of sulfonamides is 1. The lowest BCUT2D eigenvalue weighted by atomic mass is 10.1. The Labute approximate surface area is 104 Å². The quantitative estimate of drug-likeness (QED) is 0.729. The number of piperidine rings is 1. The van der Waals surface area contributed by atoms with Crippen LogP contribution in [-0.4, -0.2) is 50.8 Å². The highest BCUT2D eigenvalue weighted by molar-refractivity contribution is 7.89. The highest BCUT2D eigenvalue weighted by Gasteiger charge is 2.27. The van der Waals surface area contributed by atoms with E-state index in [0.717, 1.165) is 25.7 Å². The lowest BCUT2D eigenvalue weighted by Crippen LogP contribution is -2.42. The monoisotopic (exact) mass is 264 g/mol. The summed E-state index contributed by atoms with van der Waals surface area (Å²) < 4.78 is 31.0. The van der Waals surface area contributed by atoms with Crippen molar-refractivity contribution in [3.63, 3.8) is 0 Å². The van der Waals surface area contributed by atoms with Crippen molar-refractivity contribution < 1.29 is 13.2 Å². The van der Waals surface area contributed by atoms with Gasteiger partial charge < -0.3 is 10.5 Å². The Morgan fingerprint density at radius 3 is 2.53 bits per heavy atom. The standard InChI is InChI=1S/C11H24N2O3S/c1-2-3-10-17(14,15)13-7-4-11(5-8-13)16-9-6-12/h11H,2-10,12H2,1H3. The summed E-state index contributed by atoms with van der Waals surface area (Å²) in [6.45, 7) is 4.26. The molecule has 2 N–H and O–H groups in total. The number of ether oxygens (including phenoxy) is 1. The Balaban J connectivity index is 2.35. The van der Waals surface area contributed by atoms with Crippen molar-refractivity contribution in [3.05, 3.63) is 0 Å². The van der Waals surface area contributed by atoms with Gasteiger partial charge in [-0.3, -0.25) is 0 Å². The van der Waals surface area contributed by atoms with Crippen LogP contribution in [0.2, 0.25) is 0 Å². The van der Waals surface area contributed by atoms with Gasteiger partial charge in [0.2, 0.25) is 10.0 Å². The van der Waals surface area contributed by atoms with Crippen molar-refractivity contribution in [3.8, 4) is 0 Å². The predicted octanol–water partition coefficient (Wildman–Crippen LogP) is 0.556. The maximum Gasteiger partial charge on any atom is 0.214 e. The van der Waals surface area contributed by atoms with Crippen molar-refractivity contribution >= 4 is 10.0 Å². The molecule has 0 aromatic carbocycles. The molecule has 1 fully saturated rings. The summed E-state index contributed by atoms with van der Waals surface area (Å²) in [5, 5.41) is 0. The molecule has 1 heterocycles. The van der Waals surface area contributed by atoms with Crippen LogP contribution in [0.25, 0.3) is 0 Å². The molecule has 102 valence electrons. The normalized spacial score (nSPS) is 19.6. The number of hydrogen-bond acceptors (Lipinski definition) is 4. The smallest absolute Gasteiger partial charge is 0.214 e. The number of nitrogens with zero attached hydrogens (tertiary/aromatic N) is 1. The molecule has 0 aromatic rings. The maximum absolute atomic E-state index is 11.9. The summed E-state index contributed by atoms with van der Waals surface area (Å²) in [5.41, 5.74) is 5.37. The molecule has 0 saturated carbocycles. The molecule has 0 aliphatic carbocycles. The highest BCUT2D eigenvalue weighted by Crippen LogP contribution is 2.17. The van der Waals surface area contributed by atoms with E-state index in [4.69, 9.17) is 10.5 Å². The molecular weight excluding hydrogens is 240 g/mol. The van der Waals surface area contributed by atoms with E-state index < -0.39 is 10.0 Å². The van der Waals surface area contributed by atoms with Crippen LogP contribution in [-0.2, 0) is 14.8 Å². The second-order valence-electron chi connectivity index (χ2n) is 4.43. The average Bonchev–Trinajstić information content (AvgIpc) is 2.34. The molecule has 0 spiro atoms. The van der Waals surface area contributed by atoms with Gasteiger partial charge in [-0.2, -0.15) is 0 Å². The van der Waals surface area contributed by atoms with E-state index in [1.807, 2.05) is 6.92 Å². The van der Waals surface area contributed by atoms with Gasteiger partial charge in [-0.15, -0.1) is 0 Å². The summed E-state index contributed by atoms with van der Waals surface area (Å²) in [6, 6.07) is 0. The van der Waals surface area contributed by atoms with Gasteiger partial charge in [-0.1, -0.05) is 13.3 Å². The molecule has 0 aromatic heterocycles. The molecule has 0 unspecified atom stereocenters. The minimum absolute atomic E-state index is 0.177. The summed E-state index contributed by atoms with van der Waals surface area (Å²) in [6.07, 6.45) is 3.40. The SMILES string of the molecule is CCCCS(=O)(=O)N1CCC(OCCN)CC1. The first kappa shape index (κ1) is 14.9. The average molecular weight is 264 g/mol. The predicted molar refractivity (Wildman–Crippen MR) is 68.3 cm³/mol. The van der Waals surface area contributed by atoms with Crippen LogP contribution in [0.1, 0.15) is 32.6 Å². The fourth-order valence-electron chi connectivity index (χ4n) is 1.97. The third-order valence-electron chi connectivity index (χ3n) is 3.02. The molecule has 0 atom stereocenters. The first-order valence-electron chi connectivity index (χ1n) is 6.39. The third kappa shape index (κ3) is 4.91. The lowest BCUT2D eigenvalue weighted by molar-refractivity contribution is 0.0257. The number of rotatable bonds is 7. The molecule has 17 heavy (non-hydrogen) atoms. The van der Waals surface area contributed by atoms with Gasteiger partial charge in [0.05, 0.1) is 18.5 Å². The van der Waals surface area contributed by atoms with Crippen molar-refractivity contribution in [1.82, 2.24) is 4.31 Å². The topological polar surface area (TPSA) is 72.6 Å². The molecule has 1 saturated heterocycles. The van der Waals surface area contributed by atoms with E-state index in [1.165, 1.54) is 0 Å². The van der Waals surface area contributed by atoms with E-state index in [-0.39, 0.29) is 11.9 Å². The first-order valence-corrected chi connectivity index (χ1v) is 8.00. The lowest BCUT2D eigenvalue weighted by Gasteiger charge is -2.31. The van der Waals surface area contributed by atoms with Crippen molar-refractivity contribution in [2.45, 2.75) is 38.7 Å². The molecule has 1 aliphatic rings. The van der Waals surface area contributed by atoms with Crippen LogP contribution in [0, 0.1) is 0 Å². The van der Waals surface area contributed by atoms with Gasteiger partial charge in [0.15, 0.2) is 0 Å². The molecule has 1 aliphatic heterocycles. The van der Waals surface area contributed by atoms with Gasteiger partial charge in [0.1, 0.15) is 0 Å². The number of nitrogens with two attached hydrogens (primary N) is 1. The van der Waals surface area contributed by atoms with E-state index in [2.05, 4.69) is 0 Å². The van der Waals surface area contributed by atoms with Gasteiger partial charge >= 0.3 is 0 Å². The van der Waals surface area contributed by atoms with Crippen LogP contribution < -0.4 is 5.73 Å². The molecule has 0 radical (unpaired) electrons. The second-order valence-corrected chi connectivity index (χ2v) is 6.52. The Hall–Kier alpha value is -0.170. The van der Waals surface area contributed by atoms with Gasteiger partial charge in [0.25, 0.3) is 0 Å². The van der Waals surface area contributed by atoms with Gasteiger partial charge in [-0.05, 0) is 19.3 Å². The fraction of sp³-hybridized carbons (Fsp3) is 1.00. The largest absolute Gasteiger partial charge is 0.377 e. The summed E-state index contributed by atoms with van der Waals surface area (Å²) in [4.78, 5) is 0. The third-order valence-corrected chi connectivity index (χ3v) is 4.98. The zero-order valence-corrected chi connectivity index (χ0v) is 11.4. The molecule has 0 amide bonds. The summed E-state index contributed by atoms with van der Waals surface area (Å²) >= 11 is 0. The molecule has 5 nitrogen and oxygen atoms in total. The maximum atomic E-state index is 11.9. The zero-order valence-electron chi connectivity index (χ0n) is 10.6. The van der Waals surface area contributed by atoms with Crippen LogP contribution >= 0.6 is 0 Å². The Morgan fingerprint density at radius 2 is 2.00 bits per heavy atom. The minimum Gasteiger partial charge on any atom is -0.377 e. The summed E-state index contributed by atoms with van der Waals surface area (Å²) in [7, 11) is -3.04. The van der Waals surface area contributed by atoms with Crippen LogP contribution in [0.5, 0.6) is 0 Å². The van der Waals surface area contributed by atoms with Gasteiger partial charge in [-0.25, -0.2) is 12.7 Å². The first-order chi connectivity index (χ1) is 8.10. The Morgan fingerprint density at radius 1 is 1.35 bits per heavy atom. The minimum atomic E-state index is -3.04. The van der Waals surface area contributed by atoms with E-state index in [9.17, 15) is 8.42 Å². The zero-order chi connectivity index (χ0) is 12.7. The molecule has 0 bridgehead atoms. The van der Waals surface area contributed by atoms with Crippen molar-refractivity contribution in [2.75, 3.05) is 32.0 Å². The summed E-state index contributed by atoms with van der Waals surface area (Å²) in [5.74, 6) is 0.276. The van der Waals surface area contributed by atoms with E-state index in [0.29, 0.717) is 26.2 Å².